The molecule has 4 nitrogen and oxygen atoms in total. The largest absolute Gasteiger partial charge is 0.483 e. The molecule has 0 saturated carbocycles. The summed E-state index contributed by atoms with van der Waals surface area (Å²) in [5.74, 6) is 0.767. The third-order valence-corrected chi connectivity index (χ3v) is 3.18. The number of benzene rings is 1. The molecule has 1 unspecified atom stereocenters. The molecule has 1 aromatic carbocycles. The number of hydrogen-bond acceptors (Lipinski definition) is 3. The highest BCUT2D eigenvalue weighted by molar-refractivity contribution is 5.85. The molecule has 0 bridgehead atoms. The standard InChI is InChI=1S/C14H20N2O2.ClH/c1-10-4-3-5-11(2)14(10)18-9-13(17)16-12-6-7-15-8-12;/h3-5,12,15H,6-9H2,1-2H3,(H,16,17);1H. The Morgan fingerprint density at radius 2 is 2.11 bits per heavy atom. The molecular formula is C14H21ClN2O2. The summed E-state index contributed by atoms with van der Waals surface area (Å²) in [4.78, 5) is 11.7. The first kappa shape index (κ1) is 15.8. The number of para-hydroxylation sites is 1. The van der Waals surface area contributed by atoms with Crippen molar-refractivity contribution in [1.82, 2.24) is 10.6 Å². The first-order valence-corrected chi connectivity index (χ1v) is 6.36. The fourth-order valence-corrected chi connectivity index (χ4v) is 2.21. The maximum Gasteiger partial charge on any atom is 0.258 e. The van der Waals surface area contributed by atoms with Crippen molar-refractivity contribution in [1.29, 1.82) is 0 Å². The lowest BCUT2D eigenvalue weighted by Crippen LogP contribution is -2.39. The van der Waals surface area contributed by atoms with Crippen LogP contribution in [0.4, 0.5) is 0 Å². The van der Waals surface area contributed by atoms with E-state index in [0.717, 1.165) is 36.4 Å². The molecule has 0 aliphatic carbocycles. The summed E-state index contributed by atoms with van der Waals surface area (Å²) < 4.78 is 5.61. The Hall–Kier alpha value is -1.26. The van der Waals surface area contributed by atoms with E-state index in [2.05, 4.69) is 10.6 Å². The molecule has 0 aromatic heterocycles. The zero-order valence-electron chi connectivity index (χ0n) is 11.4. The van der Waals surface area contributed by atoms with E-state index in [1.54, 1.807) is 0 Å². The van der Waals surface area contributed by atoms with E-state index >= 15 is 0 Å². The summed E-state index contributed by atoms with van der Waals surface area (Å²) in [6.07, 6.45) is 0.995. The summed E-state index contributed by atoms with van der Waals surface area (Å²) >= 11 is 0. The van der Waals surface area contributed by atoms with Crippen molar-refractivity contribution in [3.63, 3.8) is 0 Å². The van der Waals surface area contributed by atoms with Crippen LogP contribution >= 0.6 is 12.4 Å². The van der Waals surface area contributed by atoms with Crippen LogP contribution in [-0.2, 0) is 4.79 Å². The SMILES string of the molecule is Cc1cccc(C)c1OCC(=O)NC1CCNC1.Cl. The van der Waals surface area contributed by atoms with Crippen LogP contribution in [0.3, 0.4) is 0 Å². The average Bonchev–Trinajstić information content (AvgIpc) is 2.81. The van der Waals surface area contributed by atoms with Gasteiger partial charge in [0, 0.05) is 12.6 Å². The zero-order valence-corrected chi connectivity index (χ0v) is 12.2. The monoisotopic (exact) mass is 284 g/mol. The number of amides is 1. The van der Waals surface area contributed by atoms with Gasteiger partial charge in [0.15, 0.2) is 6.61 Å². The quantitative estimate of drug-likeness (QED) is 0.883. The van der Waals surface area contributed by atoms with Crippen LogP contribution in [0.5, 0.6) is 5.75 Å². The fourth-order valence-electron chi connectivity index (χ4n) is 2.21. The first-order valence-electron chi connectivity index (χ1n) is 6.36. The minimum atomic E-state index is -0.0497. The van der Waals surface area contributed by atoms with Gasteiger partial charge in [-0.1, -0.05) is 18.2 Å². The van der Waals surface area contributed by atoms with Crippen LogP contribution in [0.2, 0.25) is 0 Å². The van der Waals surface area contributed by atoms with Crippen LogP contribution < -0.4 is 15.4 Å². The molecule has 0 spiro atoms. The van der Waals surface area contributed by atoms with E-state index in [9.17, 15) is 4.79 Å². The van der Waals surface area contributed by atoms with Crippen molar-refractivity contribution >= 4 is 18.3 Å². The van der Waals surface area contributed by atoms with Crippen molar-refractivity contribution in [2.45, 2.75) is 26.3 Å². The first-order chi connectivity index (χ1) is 8.66. The van der Waals surface area contributed by atoms with Gasteiger partial charge >= 0.3 is 0 Å². The third kappa shape index (κ3) is 4.40. The van der Waals surface area contributed by atoms with Gasteiger partial charge < -0.3 is 15.4 Å². The Bertz CT molecular complexity index is 411. The van der Waals surface area contributed by atoms with Gasteiger partial charge in [-0.3, -0.25) is 4.79 Å². The lowest BCUT2D eigenvalue weighted by molar-refractivity contribution is -0.123. The molecular weight excluding hydrogens is 264 g/mol. The maximum absolute atomic E-state index is 11.7. The number of nitrogens with one attached hydrogen (secondary N) is 2. The van der Waals surface area contributed by atoms with Gasteiger partial charge in [-0.15, -0.1) is 12.4 Å². The van der Waals surface area contributed by atoms with Gasteiger partial charge in [-0.25, -0.2) is 0 Å². The van der Waals surface area contributed by atoms with Gasteiger partial charge in [0.2, 0.25) is 0 Å². The van der Waals surface area contributed by atoms with E-state index in [4.69, 9.17) is 4.74 Å². The average molecular weight is 285 g/mol. The number of rotatable bonds is 4. The smallest absolute Gasteiger partial charge is 0.258 e. The molecule has 1 aliphatic rings. The molecule has 1 fully saturated rings. The van der Waals surface area contributed by atoms with Gasteiger partial charge in [0.25, 0.3) is 5.91 Å². The highest BCUT2D eigenvalue weighted by atomic mass is 35.5. The predicted molar refractivity (Wildman–Crippen MR) is 78.1 cm³/mol. The van der Waals surface area contributed by atoms with Crippen molar-refractivity contribution in [3.8, 4) is 5.75 Å². The second kappa shape index (κ2) is 7.36. The molecule has 2 N–H and O–H groups in total. The molecule has 106 valence electrons. The number of aryl methyl sites for hydroxylation is 2. The van der Waals surface area contributed by atoms with E-state index in [1.165, 1.54) is 0 Å². The second-order valence-electron chi connectivity index (χ2n) is 4.77. The van der Waals surface area contributed by atoms with Crippen molar-refractivity contribution in [2.24, 2.45) is 0 Å². The lowest BCUT2D eigenvalue weighted by Gasteiger charge is -2.14. The topological polar surface area (TPSA) is 50.4 Å². The number of ether oxygens (including phenoxy) is 1. The second-order valence-corrected chi connectivity index (χ2v) is 4.77. The number of halogens is 1. The number of carbonyl (C=O) groups excluding carboxylic acids is 1. The summed E-state index contributed by atoms with van der Waals surface area (Å²) in [6.45, 7) is 5.89. The normalized spacial score (nSPS) is 17.7. The van der Waals surface area contributed by atoms with Gasteiger partial charge in [0.1, 0.15) is 5.75 Å². The van der Waals surface area contributed by atoms with Crippen molar-refractivity contribution in [3.05, 3.63) is 29.3 Å². The van der Waals surface area contributed by atoms with Crippen LogP contribution in [0.1, 0.15) is 17.5 Å². The van der Waals surface area contributed by atoms with E-state index in [-0.39, 0.29) is 31.0 Å². The summed E-state index contributed by atoms with van der Waals surface area (Å²) in [7, 11) is 0. The van der Waals surface area contributed by atoms with Gasteiger partial charge in [0.05, 0.1) is 0 Å². The minimum Gasteiger partial charge on any atom is -0.483 e. The lowest BCUT2D eigenvalue weighted by atomic mass is 10.1. The van der Waals surface area contributed by atoms with Crippen LogP contribution in [-0.4, -0.2) is 31.6 Å². The summed E-state index contributed by atoms with van der Waals surface area (Å²) in [5, 5.41) is 6.18. The molecule has 1 atom stereocenters. The minimum absolute atomic E-state index is 0. The molecule has 19 heavy (non-hydrogen) atoms. The predicted octanol–water partition coefficient (Wildman–Crippen LogP) is 1.58. The maximum atomic E-state index is 11.7. The highest BCUT2D eigenvalue weighted by Crippen LogP contribution is 2.21. The molecule has 0 radical (unpaired) electrons. The number of hydrogen-bond donors (Lipinski definition) is 2. The van der Waals surface area contributed by atoms with E-state index < -0.39 is 0 Å². The Morgan fingerprint density at radius 3 is 2.68 bits per heavy atom. The van der Waals surface area contributed by atoms with Crippen LogP contribution in [0, 0.1) is 13.8 Å². The Balaban J connectivity index is 0.00000180. The van der Waals surface area contributed by atoms with E-state index in [0.29, 0.717) is 0 Å². The molecule has 5 heteroatoms. The zero-order chi connectivity index (χ0) is 13.0. The Morgan fingerprint density at radius 1 is 1.42 bits per heavy atom. The fraction of sp³-hybridized carbons (Fsp3) is 0.500. The third-order valence-electron chi connectivity index (χ3n) is 3.18. The molecule has 1 aliphatic heterocycles. The number of carbonyl (C=O) groups is 1. The van der Waals surface area contributed by atoms with Crippen molar-refractivity contribution in [2.75, 3.05) is 19.7 Å². The molecule has 1 amide bonds. The Kier molecular flexibility index (Phi) is 6.12. The molecule has 2 rings (SSSR count). The summed E-state index contributed by atoms with van der Waals surface area (Å²) in [6, 6.07) is 6.21. The Labute approximate surface area is 120 Å². The molecule has 1 aromatic rings. The molecule has 1 heterocycles. The van der Waals surface area contributed by atoms with Gasteiger partial charge in [-0.2, -0.15) is 0 Å². The van der Waals surface area contributed by atoms with E-state index in [1.807, 2.05) is 32.0 Å². The van der Waals surface area contributed by atoms with Crippen LogP contribution in [0.15, 0.2) is 18.2 Å². The summed E-state index contributed by atoms with van der Waals surface area (Å²) in [5.41, 5.74) is 2.12. The van der Waals surface area contributed by atoms with Crippen LogP contribution in [0.25, 0.3) is 0 Å². The highest BCUT2D eigenvalue weighted by Gasteiger charge is 2.17. The van der Waals surface area contributed by atoms with Crippen molar-refractivity contribution < 1.29 is 9.53 Å². The van der Waals surface area contributed by atoms with Gasteiger partial charge in [-0.05, 0) is 37.9 Å². The molecule has 1 saturated heterocycles.